The van der Waals surface area contributed by atoms with Crippen LogP contribution >= 0.6 is 0 Å². The number of sulfonamides is 1. The van der Waals surface area contributed by atoms with Crippen LogP contribution in [0.25, 0.3) is 5.69 Å². The van der Waals surface area contributed by atoms with E-state index in [-0.39, 0.29) is 10.8 Å². The number of hydrogen-bond donors (Lipinski definition) is 1. The number of carbonyl (C=O) groups excluding carboxylic acids is 1. The summed E-state index contributed by atoms with van der Waals surface area (Å²) >= 11 is 0. The molecule has 1 N–H and O–H groups in total. The Morgan fingerprint density at radius 2 is 1.80 bits per heavy atom. The molecule has 0 spiro atoms. The minimum Gasteiger partial charge on any atom is -0.321 e. The van der Waals surface area contributed by atoms with Crippen LogP contribution in [0.4, 0.5) is 5.69 Å². The standard InChI is InChI=1S/C22H24N4O3S/c1-15-9-12-17(13-21(15)30(28,29)25(2)3)23-22(27)20-14-19(16-10-11-16)24-26(20)18-7-5-4-6-8-18/h4-9,12-14,16H,10-11H2,1-3H3,(H,23,27). The molecule has 4 rings (SSSR count). The first-order valence-electron chi connectivity index (χ1n) is 9.77. The lowest BCUT2D eigenvalue weighted by molar-refractivity contribution is 0.101. The molecule has 156 valence electrons. The number of nitrogens with zero attached hydrogens (tertiary/aromatic N) is 3. The van der Waals surface area contributed by atoms with Gasteiger partial charge in [-0.25, -0.2) is 17.4 Å². The third-order valence-corrected chi connectivity index (χ3v) is 7.12. The summed E-state index contributed by atoms with van der Waals surface area (Å²) in [4.78, 5) is 13.3. The molecule has 0 bridgehead atoms. The summed E-state index contributed by atoms with van der Waals surface area (Å²) in [7, 11) is -0.648. The van der Waals surface area contributed by atoms with E-state index >= 15 is 0 Å². The maximum atomic E-state index is 13.1. The summed E-state index contributed by atoms with van der Waals surface area (Å²) in [6.45, 7) is 1.73. The van der Waals surface area contributed by atoms with Crippen LogP contribution in [0.3, 0.4) is 0 Å². The number of amides is 1. The number of benzene rings is 2. The molecule has 1 fully saturated rings. The van der Waals surface area contributed by atoms with Crippen molar-refractivity contribution in [1.82, 2.24) is 14.1 Å². The van der Waals surface area contributed by atoms with Crippen molar-refractivity contribution in [3.05, 3.63) is 71.5 Å². The van der Waals surface area contributed by atoms with Crippen molar-refractivity contribution in [3.63, 3.8) is 0 Å². The Hall–Kier alpha value is -2.97. The Labute approximate surface area is 176 Å². The zero-order valence-corrected chi connectivity index (χ0v) is 18.0. The van der Waals surface area contributed by atoms with Crippen LogP contribution in [0.5, 0.6) is 0 Å². The fraction of sp³-hybridized carbons (Fsp3) is 0.273. The second kappa shape index (κ2) is 7.70. The molecule has 3 aromatic rings. The van der Waals surface area contributed by atoms with Crippen molar-refractivity contribution < 1.29 is 13.2 Å². The molecule has 0 saturated heterocycles. The highest BCUT2D eigenvalue weighted by molar-refractivity contribution is 7.89. The van der Waals surface area contributed by atoms with Crippen molar-refractivity contribution in [2.75, 3.05) is 19.4 Å². The monoisotopic (exact) mass is 424 g/mol. The molecule has 0 radical (unpaired) electrons. The maximum absolute atomic E-state index is 13.1. The van der Waals surface area contributed by atoms with E-state index in [2.05, 4.69) is 10.4 Å². The number of hydrogen-bond acceptors (Lipinski definition) is 4. The average molecular weight is 425 g/mol. The molecular weight excluding hydrogens is 400 g/mol. The number of para-hydroxylation sites is 1. The third-order valence-electron chi connectivity index (χ3n) is 5.16. The molecule has 1 aliphatic rings. The topological polar surface area (TPSA) is 84.3 Å². The molecule has 8 heteroatoms. The van der Waals surface area contributed by atoms with Crippen LogP contribution in [0.2, 0.25) is 0 Å². The zero-order valence-electron chi connectivity index (χ0n) is 17.2. The molecule has 1 aliphatic carbocycles. The Morgan fingerprint density at radius 1 is 1.10 bits per heavy atom. The van der Waals surface area contributed by atoms with E-state index in [0.29, 0.717) is 22.9 Å². The van der Waals surface area contributed by atoms with E-state index < -0.39 is 10.0 Å². The van der Waals surface area contributed by atoms with Gasteiger partial charge in [0.25, 0.3) is 5.91 Å². The van der Waals surface area contributed by atoms with Gasteiger partial charge in [-0.15, -0.1) is 0 Å². The van der Waals surface area contributed by atoms with Crippen molar-refractivity contribution in [2.24, 2.45) is 0 Å². The summed E-state index contributed by atoms with van der Waals surface area (Å²) < 4.78 is 28.0. The van der Waals surface area contributed by atoms with Gasteiger partial charge < -0.3 is 5.32 Å². The highest BCUT2D eigenvalue weighted by Crippen LogP contribution is 2.39. The molecule has 0 aliphatic heterocycles. The Balaban J connectivity index is 1.68. The average Bonchev–Trinajstić information content (AvgIpc) is 3.48. The summed E-state index contributed by atoms with van der Waals surface area (Å²) in [5.41, 5.74) is 3.16. The lowest BCUT2D eigenvalue weighted by Gasteiger charge is -2.15. The van der Waals surface area contributed by atoms with E-state index in [1.54, 1.807) is 23.7 Å². The summed E-state index contributed by atoms with van der Waals surface area (Å²) in [5, 5.41) is 7.49. The van der Waals surface area contributed by atoms with E-state index in [1.165, 1.54) is 20.2 Å². The highest BCUT2D eigenvalue weighted by Gasteiger charge is 2.29. The summed E-state index contributed by atoms with van der Waals surface area (Å²) in [5.74, 6) is 0.0630. The van der Waals surface area contributed by atoms with Gasteiger partial charge in [0.1, 0.15) is 5.69 Å². The quantitative estimate of drug-likeness (QED) is 0.656. The Morgan fingerprint density at radius 3 is 2.43 bits per heavy atom. The first kappa shape index (κ1) is 20.3. The van der Waals surface area contributed by atoms with Crippen molar-refractivity contribution in [1.29, 1.82) is 0 Å². The minimum atomic E-state index is -3.62. The number of anilines is 1. The predicted octanol–water partition coefficient (Wildman–Crippen LogP) is 3.56. The third kappa shape index (κ3) is 3.88. The van der Waals surface area contributed by atoms with E-state index in [0.717, 1.165) is 28.5 Å². The van der Waals surface area contributed by atoms with Crippen LogP contribution in [0, 0.1) is 6.92 Å². The molecule has 1 saturated carbocycles. The van der Waals surface area contributed by atoms with Gasteiger partial charge in [-0.05, 0) is 55.7 Å². The predicted molar refractivity (Wildman–Crippen MR) is 116 cm³/mol. The zero-order chi connectivity index (χ0) is 21.5. The number of nitrogens with one attached hydrogen (secondary N) is 1. The van der Waals surface area contributed by atoms with Crippen LogP contribution in [-0.4, -0.2) is 42.5 Å². The number of aryl methyl sites for hydroxylation is 1. The Kier molecular flexibility index (Phi) is 5.21. The molecule has 1 heterocycles. The van der Waals surface area contributed by atoms with Gasteiger partial charge in [-0.3, -0.25) is 4.79 Å². The lowest BCUT2D eigenvalue weighted by atomic mass is 10.2. The van der Waals surface area contributed by atoms with Crippen LogP contribution in [-0.2, 0) is 10.0 Å². The fourth-order valence-corrected chi connectivity index (χ4v) is 4.40. The van der Waals surface area contributed by atoms with Gasteiger partial charge in [0.05, 0.1) is 16.3 Å². The van der Waals surface area contributed by atoms with Crippen LogP contribution in [0.15, 0.2) is 59.5 Å². The van der Waals surface area contributed by atoms with Gasteiger partial charge in [0, 0.05) is 25.7 Å². The highest BCUT2D eigenvalue weighted by atomic mass is 32.2. The largest absolute Gasteiger partial charge is 0.321 e. The van der Waals surface area contributed by atoms with Crippen molar-refractivity contribution in [2.45, 2.75) is 30.6 Å². The summed E-state index contributed by atoms with van der Waals surface area (Å²) in [6.07, 6.45) is 2.16. The number of aromatic nitrogens is 2. The van der Waals surface area contributed by atoms with E-state index in [9.17, 15) is 13.2 Å². The number of carbonyl (C=O) groups is 1. The lowest BCUT2D eigenvalue weighted by Crippen LogP contribution is -2.23. The Bertz CT molecular complexity index is 1200. The molecule has 7 nitrogen and oxygen atoms in total. The van der Waals surface area contributed by atoms with Gasteiger partial charge in [-0.1, -0.05) is 24.3 Å². The van der Waals surface area contributed by atoms with Gasteiger partial charge >= 0.3 is 0 Å². The van der Waals surface area contributed by atoms with E-state index in [4.69, 9.17) is 0 Å². The van der Waals surface area contributed by atoms with Crippen molar-refractivity contribution in [3.8, 4) is 5.69 Å². The normalized spacial score (nSPS) is 14.1. The van der Waals surface area contributed by atoms with Crippen LogP contribution in [0.1, 0.15) is 40.5 Å². The van der Waals surface area contributed by atoms with Gasteiger partial charge in [0.2, 0.25) is 10.0 Å². The van der Waals surface area contributed by atoms with E-state index in [1.807, 2.05) is 36.4 Å². The molecule has 1 amide bonds. The molecule has 0 atom stereocenters. The molecule has 0 unspecified atom stereocenters. The maximum Gasteiger partial charge on any atom is 0.274 e. The molecular formula is C22H24N4O3S. The number of rotatable bonds is 6. The second-order valence-corrected chi connectivity index (χ2v) is 9.82. The van der Waals surface area contributed by atoms with Crippen LogP contribution < -0.4 is 5.32 Å². The first-order valence-corrected chi connectivity index (χ1v) is 11.2. The molecule has 1 aromatic heterocycles. The molecule has 2 aromatic carbocycles. The smallest absolute Gasteiger partial charge is 0.274 e. The van der Waals surface area contributed by atoms with Gasteiger partial charge in [-0.2, -0.15) is 5.10 Å². The second-order valence-electron chi connectivity index (χ2n) is 7.70. The van der Waals surface area contributed by atoms with Gasteiger partial charge in [0.15, 0.2) is 0 Å². The summed E-state index contributed by atoms with van der Waals surface area (Å²) in [6, 6.07) is 16.2. The fourth-order valence-electron chi connectivity index (χ4n) is 3.25. The van der Waals surface area contributed by atoms with Crippen molar-refractivity contribution >= 4 is 21.6 Å². The minimum absolute atomic E-state index is 0.167. The first-order chi connectivity index (χ1) is 14.3. The molecule has 30 heavy (non-hydrogen) atoms. The SMILES string of the molecule is Cc1ccc(NC(=O)c2cc(C3CC3)nn2-c2ccccc2)cc1S(=O)(=O)N(C)C.